The summed E-state index contributed by atoms with van der Waals surface area (Å²) in [4.78, 5) is 4.47. The molecule has 0 saturated carbocycles. The van der Waals surface area contributed by atoms with Crippen LogP contribution in [0, 0.1) is 25.7 Å². The van der Waals surface area contributed by atoms with Crippen LogP contribution < -0.4 is 0 Å². The van der Waals surface area contributed by atoms with Crippen molar-refractivity contribution in [3.63, 3.8) is 0 Å². The average molecular weight is 358 g/mol. The quantitative estimate of drug-likeness (QED) is 0.480. The Kier molecular flexibility index (Phi) is 6.45. The molecule has 0 aliphatic carbocycles. The first-order chi connectivity index (χ1) is 13.0. The van der Waals surface area contributed by atoms with E-state index in [1.165, 1.54) is 33.5 Å². The van der Waals surface area contributed by atoms with Gasteiger partial charge in [-0.15, -0.1) is 0 Å². The number of aromatic nitrogens is 1. The van der Waals surface area contributed by atoms with E-state index in [1.54, 1.807) is 0 Å². The first-order valence-corrected chi connectivity index (χ1v) is 10.0. The summed E-state index contributed by atoms with van der Waals surface area (Å²) in [7, 11) is 0. The van der Waals surface area contributed by atoms with Crippen LogP contribution in [-0.4, -0.2) is 4.98 Å². The van der Waals surface area contributed by atoms with Gasteiger partial charge in [0.05, 0.1) is 0 Å². The molecule has 1 aromatic heterocycles. The fraction of sp³-hybridized carbons (Fsp3) is 0.346. The van der Waals surface area contributed by atoms with Crippen LogP contribution in [0.1, 0.15) is 47.4 Å². The molecule has 3 rings (SSSR count). The van der Waals surface area contributed by atoms with E-state index >= 15 is 0 Å². The van der Waals surface area contributed by atoms with E-state index in [2.05, 4.69) is 87.3 Å². The fourth-order valence-corrected chi connectivity index (χ4v) is 3.82. The van der Waals surface area contributed by atoms with Gasteiger partial charge in [-0.3, -0.25) is 4.98 Å². The highest BCUT2D eigenvalue weighted by molar-refractivity contribution is 5.33. The largest absolute Gasteiger partial charge is 0.261 e. The van der Waals surface area contributed by atoms with Gasteiger partial charge < -0.3 is 0 Å². The van der Waals surface area contributed by atoms with Crippen LogP contribution in [0.25, 0.3) is 0 Å². The van der Waals surface area contributed by atoms with Crippen LogP contribution in [0.5, 0.6) is 0 Å². The van der Waals surface area contributed by atoms with E-state index < -0.39 is 0 Å². The maximum Gasteiger partial charge on any atom is 0.0406 e. The number of hydrogen-bond donors (Lipinski definition) is 0. The van der Waals surface area contributed by atoms with Crippen LogP contribution in [-0.2, 0) is 19.3 Å². The van der Waals surface area contributed by atoms with Gasteiger partial charge in [0.15, 0.2) is 0 Å². The third-order valence-electron chi connectivity index (χ3n) is 5.50. The normalized spacial score (nSPS) is 13.3. The van der Waals surface area contributed by atoms with E-state index in [1.807, 2.05) is 12.3 Å². The zero-order valence-electron chi connectivity index (χ0n) is 17.1. The molecule has 140 valence electrons. The maximum atomic E-state index is 4.47. The maximum absolute atomic E-state index is 4.47. The average Bonchev–Trinajstić information content (AvgIpc) is 2.63. The number of nitrogens with zero attached hydrogens (tertiary/aromatic N) is 1. The van der Waals surface area contributed by atoms with Crippen LogP contribution in [0.2, 0.25) is 0 Å². The molecule has 3 aromatic rings. The zero-order chi connectivity index (χ0) is 19.2. The van der Waals surface area contributed by atoms with Crippen molar-refractivity contribution in [2.75, 3.05) is 0 Å². The number of rotatable bonds is 7. The Morgan fingerprint density at radius 1 is 0.704 bits per heavy atom. The summed E-state index contributed by atoms with van der Waals surface area (Å²) in [5.74, 6) is 1.26. The minimum atomic E-state index is 0.620. The summed E-state index contributed by atoms with van der Waals surface area (Å²) < 4.78 is 0. The smallest absolute Gasteiger partial charge is 0.0406 e. The highest BCUT2D eigenvalue weighted by Gasteiger charge is 2.14. The van der Waals surface area contributed by atoms with Gasteiger partial charge in [-0.05, 0) is 73.8 Å². The van der Waals surface area contributed by atoms with Gasteiger partial charge in [0.25, 0.3) is 0 Å². The lowest BCUT2D eigenvalue weighted by atomic mass is 9.86. The predicted octanol–water partition coefficient (Wildman–Crippen LogP) is 6.35. The van der Waals surface area contributed by atoms with E-state index in [0.717, 1.165) is 19.3 Å². The van der Waals surface area contributed by atoms with Crippen molar-refractivity contribution in [3.8, 4) is 0 Å². The summed E-state index contributed by atoms with van der Waals surface area (Å²) in [6.45, 7) is 9.05. The van der Waals surface area contributed by atoms with Crippen molar-refractivity contribution in [1.82, 2.24) is 4.98 Å². The Morgan fingerprint density at radius 3 is 1.96 bits per heavy atom. The van der Waals surface area contributed by atoms with E-state index in [-0.39, 0.29) is 0 Å². The van der Waals surface area contributed by atoms with Crippen molar-refractivity contribution in [3.05, 3.63) is 100 Å². The lowest BCUT2D eigenvalue weighted by Crippen LogP contribution is -2.14. The molecule has 0 saturated heterocycles. The van der Waals surface area contributed by atoms with Crippen LogP contribution in [0.3, 0.4) is 0 Å². The summed E-state index contributed by atoms with van der Waals surface area (Å²) in [5.41, 5.74) is 8.10. The Hall–Kier alpha value is -2.41. The molecule has 0 aliphatic heterocycles. The SMILES string of the molecule is Cc1cc(C)cc(Cc2ccc(CC(C)C(C)Cc3ccccn3)cc2)c1. The van der Waals surface area contributed by atoms with Crippen molar-refractivity contribution in [2.24, 2.45) is 11.8 Å². The van der Waals surface area contributed by atoms with Gasteiger partial charge in [0, 0.05) is 11.9 Å². The molecule has 1 heterocycles. The molecular weight excluding hydrogens is 326 g/mol. The monoisotopic (exact) mass is 357 g/mol. The van der Waals surface area contributed by atoms with E-state index in [0.29, 0.717) is 11.8 Å². The molecule has 1 heteroatoms. The fourth-order valence-electron chi connectivity index (χ4n) is 3.82. The molecule has 0 amide bonds. The van der Waals surface area contributed by atoms with Gasteiger partial charge in [-0.25, -0.2) is 0 Å². The third-order valence-corrected chi connectivity index (χ3v) is 5.50. The lowest BCUT2D eigenvalue weighted by Gasteiger charge is -2.20. The van der Waals surface area contributed by atoms with E-state index in [4.69, 9.17) is 0 Å². The first kappa shape index (κ1) is 19.4. The highest BCUT2D eigenvalue weighted by Crippen LogP contribution is 2.21. The van der Waals surface area contributed by atoms with Gasteiger partial charge in [0.1, 0.15) is 0 Å². The molecule has 2 aromatic carbocycles. The molecule has 27 heavy (non-hydrogen) atoms. The standard InChI is InChI=1S/C26H31N/c1-19-13-20(2)15-25(14-19)18-24-10-8-23(9-11-24)16-21(3)22(4)17-26-7-5-6-12-27-26/h5-15,21-22H,16-18H2,1-4H3. The van der Waals surface area contributed by atoms with Gasteiger partial charge in [-0.2, -0.15) is 0 Å². The number of aryl methyl sites for hydroxylation is 2. The topological polar surface area (TPSA) is 12.9 Å². The zero-order valence-corrected chi connectivity index (χ0v) is 17.1. The minimum Gasteiger partial charge on any atom is -0.261 e. The second-order valence-electron chi connectivity index (χ2n) is 8.17. The van der Waals surface area contributed by atoms with Gasteiger partial charge in [0.2, 0.25) is 0 Å². The Balaban J connectivity index is 1.58. The predicted molar refractivity (Wildman–Crippen MR) is 115 cm³/mol. The molecule has 0 aliphatic rings. The van der Waals surface area contributed by atoms with Gasteiger partial charge >= 0.3 is 0 Å². The molecule has 1 nitrogen and oxygen atoms in total. The lowest BCUT2D eigenvalue weighted by molar-refractivity contribution is 0.380. The molecule has 2 atom stereocenters. The summed E-state index contributed by atoms with van der Waals surface area (Å²) in [6, 6.07) is 22.2. The molecule has 2 unspecified atom stereocenters. The molecule has 0 N–H and O–H groups in total. The second-order valence-corrected chi connectivity index (χ2v) is 8.17. The molecule has 0 radical (unpaired) electrons. The molecule has 0 spiro atoms. The molecular formula is C26H31N. The summed E-state index contributed by atoms with van der Waals surface area (Å²) >= 11 is 0. The molecule has 0 bridgehead atoms. The van der Waals surface area contributed by atoms with Crippen molar-refractivity contribution >= 4 is 0 Å². The summed E-state index contributed by atoms with van der Waals surface area (Å²) in [5, 5.41) is 0. The summed E-state index contributed by atoms with van der Waals surface area (Å²) in [6.07, 6.45) is 5.07. The minimum absolute atomic E-state index is 0.620. The van der Waals surface area contributed by atoms with Crippen LogP contribution in [0.4, 0.5) is 0 Å². The van der Waals surface area contributed by atoms with Crippen LogP contribution >= 0.6 is 0 Å². The first-order valence-electron chi connectivity index (χ1n) is 10.0. The van der Waals surface area contributed by atoms with Crippen molar-refractivity contribution in [2.45, 2.75) is 47.0 Å². The van der Waals surface area contributed by atoms with Gasteiger partial charge in [-0.1, -0.05) is 73.5 Å². The highest BCUT2D eigenvalue weighted by atomic mass is 14.7. The number of hydrogen-bond acceptors (Lipinski definition) is 1. The van der Waals surface area contributed by atoms with Crippen molar-refractivity contribution < 1.29 is 0 Å². The number of benzene rings is 2. The van der Waals surface area contributed by atoms with Crippen LogP contribution in [0.15, 0.2) is 66.9 Å². The van der Waals surface area contributed by atoms with Crippen molar-refractivity contribution in [1.29, 1.82) is 0 Å². The molecule has 0 fully saturated rings. The Bertz CT molecular complexity index is 829. The Labute approximate surface area is 164 Å². The third kappa shape index (κ3) is 5.79. The second kappa shape index (κ2) is 8.99. The Morgan fingerprint density at radius 2 is 1.33 bits per heavy atom. The van der Waals surface area contributed by atoms with E-state index in [9.17, 15) is 0 Å². The number of pyridine rings is 1.